The Balaban J connectivity index is 2.65. The molecular weight excluding hydrogens is 238 g/mol. The summed E-state index contributed by atoms with van der Waals surface area (Å²) >= 11 is 5.88. The molecule has 0 radical (unpaired) electrons. The summed E-state index contributed by atoms with van der Waals surface area (Å²) in [7, 11) is 0. The van der Waals surface area contributed by atoms with E-state index in [1.807, 2.05) is 20.8 Å². The van der Waals surface area contributed by atoms with Crippen LogP contribution in [0.15, 0.2) is 12.3 Å². The molecule has 0 bridgehead atoms. The fourth-order valence-electron chi connectivity index (χ4n) is 1.29. The number of carbonyl (C=O) groups excluding carboxylic acids is 1. The molecule has 3 N–H and O–H groups in total. The second-order valence-electron chi connectivity index (χ2n) is 4.51. The number of hydrogen-bond acceptors (Lipinski definition) is 3. The zero-order chi connectivity index (χ0) is 13.0. The Hall–Kier alpha value is -1.13. The number of aromatic nitrogens is 1. The maximum absolute atomic E-state index is 11.7. The average molecular weight is 256 g/mol. The molecular formula is C12H18ClN3O. The first-order chi connectivity index (χ1) is 7.90. The van der Waals surface area contributed by atoms with Gasteiger partial charge in [-0.25, -0.2) is 4.98 Å². The van der Waals surface area contributed by atoms with Gasteiger partial charge in [-0.2, -0.15) is 0 Å². The number of nitrogens with zero attached hydrogens (tertiary/aromatic N) is 1. The third-order valence-corrected chi connectivity index (χ3v) is 2.83. The average Bonchev–Trinajstić information content (AvgIpc) is 2.23. The van der Waals surface area contributed by atoms with Crippen LogP contribution in [0.3, 0.4) is 0 Å². The van der Waals surface area contributed by atoms with E-state index in [9.17, 15) is 4.79 Å². The lowest BCUT2D eigenvalue weighted by Gasteiger charge is -2.15. The molecule has 0 spiro atoms. The molecule has 1 unspecified atom stereocenters. The molecule has 1 aromatic heterocycles. The van der Waals surface area contributed by atoms with Crippen molar-refractivity contribution in [1.29, 1.82) is 0 Å². The Morgan fingerprint density at radius 3 is 2.82 bits per heavy atom. The lowest BCUT2D eigenvalue weighted by Crippen LogP contribution is -2.31. The van der Waals surface area contributed by atoms with E-state index >= 15 is 0 Å². The van der Waals surface area contributed by atoms with Crippen LogP contribution in [-0.2, 0) is 4.79 Å². The van der Waals surface area contributed by atoms with Gasteiger partial charge in [-0.05, 0) is 24.5 Å². The number of aryl methyl sites for hydroxylation is 1. The summed E-state index contributed by atoms with van der Waals surface area (Å²) in [5.74, 6) is 0.132. The highest BCUT2D eigenvalue weighted by Crippen LogP contribution is 2.20. The summed E-state index contributed by atoms with van der Waals surface area (Å²) in [6.07, 6.45) is 1.93. The van der Waals surface area contributed by atoms with Gasteiger partial charge in [-0.1, -0.05) is 25.4 Å². The van der Waals surface area contributed by atoms with Crippen LogP contribution in [0.2, 0.25) is 5.15 Å². The molecule has 1 heterocycles. The molecule has 0 aliphatic heterocycles. The van der Waals surface area contributed by atoms with Crippen molar-refractivity contribution in [3.8, 4) is 0 Å². The van der Waals surface area contributed by atoms with Gasteiger partial charge in [0.2, 0.25) is 5.91 Å². The van der Waals surface area contributed by atoms with Crippen molar-refractivity contribution >= 4 is 23.2 Å². The van der Waals surface area contributed by atoms with E-state index in [4.69, 9.17) is 17.3 Å². The standard InChI is InChI=1S/C12H18ClN3O/c1-7(2)9(14)5-11(17)16-10-4-8(3)6-15-12(10)13/h4,6-7,9H,5,14H2,1-3H3,(H,16,17). The van der Waals surface area contributed by atoms with E-state index in [0.29, 0.717) is 10.8 Å². The van der Waals surface area contributed by atoms with Gasteiger partial charge in [-0.15, -0.1) is 0 Å². The summed E-state index contributed by atoms with van der Waals surface area (Å²) in [4.78, 5) is 15.7. The predicted octanol–water partition coefficient (Wildman–Crippen LogP) is 2.36. The van der Waals surface area contributed by atoms with Gasteiger partial charge >= 0.3 is 0 Å². The number of carbonyl (C=O) groups is 1. The van der Waals surface area contributed by atoms with Crippen molar-refractivity contribution in [1.82, 2.24) is 4.98 Å². The Morgan fingerprint density at radius 1 is 1.59 bits per heavy atom. The zero-order valence-corrected chi connectivity index (χ0v) is 11.1. The number of nitrogens with two attached hydrogens (primary N) is 1. The summed E-state index contributed by atoms with van der Waals surface area (Å²) < 4.78 is 0. The normalized spacial score (nSPS) is 12.6. The van der Waals surface area contributed by atoms with Crippen molar-refractivity contribution < 1.29 is 4.79 Å². The van der Waals surface area contributed by atoms with E-state index in [0.717, 1.165) is 5.56 Å². The number of hydrogen-bond donors (Lipinski definition) is 2. The predicted molar refractivity (Wildman–Crippen MR) is 70.0 cm³/mol. The second kappa shape index (κ2) is 5.98. The van der Waals surface area contributed by atoms with E-state index in [2.05, 4.69) is 10.3 Å². The van der Waals surface area contributed by atoms with Crippen molar-refractivity contribution in [2.75, 3.05) is 5.32 Å². The molecule has 5 heteroatoms. The fourth-order valence-corrected chi connectivity index (χ4v) is 1.44. The number of anilines is 1. The maximum Gasteiger partial charge on any atom is 0.226 e. The highest BCUT2D eigenvalue weighted by atomic mass is 35.5. The summed E-state index contributed by atoms with van der Waals surface area (Å²) in [5, 5.41) is 3.02. The Labute approximate surface area is 107 Å². The largest absolute Gasteiger partial charge is 0.327 e. The Bertz CT molecular complexity index is 407. The van der Waals surface area contributed by atoms with Gasteiger partial charge in [0.25, 0.3) is 0 Å². The maximum atomic E-state index is 11.7. The zero-order valence-electron chi connectivity index (χ0n) is 10.3. The number of rotatable bonds is 4. The van der Waals surface area contributed by atoms with E-state index in [1.165, 1.54) is 0 Å². The highest BCUT2D eigenvalue weighted by Gasteiger charge is 2.14. The van der Waals surface area contributed by atoms with Crippen molar-refractivity contribution in [2.45, 2.75) is 33.2 Å². The molecule has 94 valence electrons. The first-order valence-electron chi connectivity index (χ1n) is 5.57. The van der Waals surface area contributed by atoms with Gasteiger partial charge < -0.3 is 11.1 Å². The molecule has 1 rings (SSSR count). The summed E-state index contributed by atoms with van der Waals surface area (Å²) in [5.41, 5.74) is 7.31. The minimum atomic E-state index is -0.147. The van der Waals surface area contributed by atoms with Crippen molar-refractivity contribution in [3.05, 3.63) is 23.0 Å². The van der Waals surface area contributed by atoms with Gasteiger partial charge in [0, 0.05) is 18.7 Å². The fraction of sp³-hybridized carbons (Fsp3) is 0.500. The molecule has 1 atom stereocenters. The molecule has 0 aliphatic rings. The first kappa shape index (κ1) is 13.9. The van der Waals surface area contributed by atoms with Crippen molar-refractivity contribution in [2.24, 2.45) is 11.7 Å². The van der Waals surface area contributed by atoms with Crippen LogP contribution in [0.25, 0.3) is 0 Å². The molecule has 0 saturated heterocycles. The van der Waals surface area contributed by atoms with Gasteiger partial charge in [0.1, 0.15) is 0 Å². The molecule has 1 amide bonds. The quantitative estimate of drug-likeness (QED) is 0.812. The molecule has 4 nitrogen and oxygen atoms in total. The van der Waals surface area contributed by atoms with Crippen LogP contribution in [0.1, 0.15) is 25.8 Å². The van der Waals surface area contributed by atoms with Crippen LogP contribution in [0, 0.1) is 12.8 Å². The molecule has 1 aromatic rings. The van der Waals surface area contributed by atoms with Gasteiger partial charge in [0.05, 0.1) is 5.69 Å². The SMILES string of the molecule is Cc1cnc(Cl)c(NC(=O)CC(N)C(C)C)c1. The van der Waals surface area contributed by atoms with E-state index < -0.39 is 0 Å². The Kier molecular flexibility index (Phi) is 4.90. The van der Waals surface area contributed by atoms with Crippen LogP contribution in [0.5, 0.6) is 0 Å². The summed E-state index contributed by atoms with van der Waals surface area (Å²) in [6.45, 7) is 5.86. The summed E-state index contributed by atoms with van der Waals surface area (Å²) in [6, 6.07) is 1.64. The van der Waals surface area contributed by atoms with Crippen LogP contribution < -0.4 is 11.1 Å². The number of halogens is 1. The highest BCUT2D eigenvalue weighted by molar-refractivity contribution is 6.32. The minimum Gasteiger partial charge on any atom is -0.327 e. The van der Waals surface area contributed by atoms with Crippen LogP contribution in [-0.4, -0.2) is 16.9 Å². The molecule has 0 aliphatic carbocycles. The van der Waals surface area contributed by atoms with Gasteiger partial charge in [0.15, 0.2) is 5.15 Å². The first-order valence-corrected chi connectivity index (χ1v) is 5.95. The van der Waals surface area contributed by atoms with E-state index in [-0.39, 0.29) is 24.3 Å². The van der Waals surface area contributed by atoms with Crippen LogP contribution >= 0.6 is 11.6 Å². The number of amides is 1. The number of nitrogens with one attached hydrogen (secondary N) is 1. The number of pyridine rings is 1. The molecule has 0 saturated carbocycles. The molecule has 0 fully saturated rings. The Morgan fingerprint density at radius 2 is 2.24 bits per heavy atom. The third-order valence-electron chi connectivity index (χ3n) is 2.53. The monoisotopic (exact) mass is 255 g/mol. The van der Waals surface area contributed by atoms with Gasteiger partial charge in [-0.3, -0.25) is 4.79 Å². The smallest absolute Gasteiger partial charge is 0.226 e. The second-order valence-corrected chi connectivity index (χ2v) is 4.87. The van der Waals surface area contributed by atoms with Crippen molar-refractivity contribution in [3.63, 3.8) is 0 Å². The molecule has 17 heavy (non-hydrogen) atoms. The lowest BCUT2D eigenvalue weighted by molar-refractivity contribution is -0.116. The van der Waals surface area contributed by atoms with E-state index in [1.54, 1.807) is 12.3 Å². The topological polar surface area (TPSA) is 68.0 Å². The lowest BCUT2D eigenvalue weighted by atomic mass is 10.0. The minimum absolute atomic E-state index is 0.138. The third kappa shape index (κ3) is 4.32. The molecule has 0 aromatic carbocycles. The van der Waals surface area contributed by atoms with Crippen LogP contribution in [0.4, 0.5) is 5.69 Å².